The molecular formula is C17H20N2O4. The molecule has 0 aromatic heterocycles. The fraction of sp³-hybridized carbons (Fsp3) is 0.529. The number of hydrogen-bond acceptors (Lipinski definition) is 5. The molecule has 0 unspecified atom stereocenters. The number of rotatable bonds is 2. The van der Waals surface area contributed by atoms with Crippen LogP contribution in [0.25, 0.3) is 0 Å². The van der Waals surface area contributed by atoms with Crippen molar-refractivity contribution in [2.45, 2.75) is 25.2 Å². The van der Waals surface area contributed by atoms with Crippen molar-refractivity contribution >= 4 is 11.9 Å². The van der Waals surface area contributed by atoms with Crippen molar-refractivity contribution in [1.29, 1.82) is 0 Å². The number of fused-ring (bicyclic) bond motifs is 1. The van der Waals surface area contributed by atoms with E-state index in [2.05, 4.69) is 4.90 Å². The quantitative estimate of drug-likeness (QED) is 0.767. The van der Waals surface area contributed by atoms with Crippen LogP contribution >= 0.6 is 0 Å². The van der Waals surface area contributed by atoms with Crippen LogP contribution in [0.15, 0.2) is 24.3 Å². The number of esters is 1. The molecule has 3 heterocycles. The molecule has 3 aliphatic heterocycles. The summed E-state index contributed by atoms with van der Waals surface area (Å²) in [5.74, 6) is -0.158. The van der Waals surface area contributed by atoms with E-state index in [0.29, 0.717) is 38.3 Å². The molecule has 6 heteroatoms. The van der Waals surface area contributed by atoms with Gasteiger partial charge in [-0.15, -0.1) is 0 Å². The Labute approximate surface area is 134 Å². The lowest BCUT2D eigenvalue weighted by Crippen LogP contribution is -2.52. The van der Waals surface area contributed by atoms with Crippen molar-refractivity contribution in [1.82, 2.24) is 9.80 Å². The lowest BCUT2D eigenvalue weighted by atomic mass is 10.1. The zero-order chi connectivity index (χ0) is 15.8. The minimum absolute atomic E-state index is 0.103. The minimum Gasteiger partial charge on any atom is -0.438 e. The third-order valence-corrected chi connectivity index (χ3v) is 4.83. The number of hydrogen-bond donors (Lipinski definition) is 0. The molecule has 3 aliphatic rings. The molecule has 0 N–H and O–H groups in total. The highest BCUT2D eigenvalue weighted by molar-refractivity contribution is 5.93. The zero-order valence-corrected chi connectivity index (χ0v) is 12.9. The number of piperazine rings is 1. The first-order valence-corrected chi connectivity index (χ1v) is 8.18. The maximum atomic E-state index is 12.4. The van der Waals surface area contributed by atoms with Crippen LogP contribution in [0.1, 0.15) is 35.0 Å². The van der Waals surface area contributed by atoms with Crippen LogP contribution in [0.4, 0.5) is 0 Å². The number of benzene rings is 1. The summed E-state index contributed by atoms with van der Waals surface area (Å²) >= 11 is 0. The van der Waals surface area contributed by atoms with Gasteiger partial charge in [-0.2, -0.15) is 0 Å². The lowest BCUT2D eigenvalue weighted by Gasteiger charge is -2.37. The number of amides is 1. The van der Waals surface area contributed by atoms with E-state index in [0.717, 1.165) is 18.4 Å². The second-order valence-corrected chi connectivity index (χ2v) is 6.21. The molecule has 0 radical (unpaired) electrons. The van der Waals surface area contributed by atoms with Crippen molar-refractivity contribution in [2.75, 3.05) is 32.8 Å². The summed E-state index contributed by atoms with van der Waals surface area (Å²) in [4.78, 5) is 28.3. The van der Waals surface area contributed by atoms with Crippen molar-refractivity contribution in [2.24, 2.45) is 0 Å². The summed E-state index contributed by atoms with van der Waals surface area (Å²) in [6, 6.07) is 7.51. The molecule has 0 bridgehead atoms. The van der Waals surface area contributed by atoms with Crippen LogP contribution in [0.5, 0.6) is 0 Å². The Balaban J connectivity index is 1.40. The van der Waals surface area contributed by atoms with Crippen LogP contribution in [-0.4, -0.2) is 60.6 Å². The first-order valence-electron chi connectivity index (χ1n) is 8.18. The van der Waals surface area contributed by atoms with Gasteiger partial charge in [0, 0.05) is 38.3 Å². The maximum absolute atomic E-state index is 12.4. The van der Waals surface area contributed by atoms with Gasteiger partial charge in [0.05, 0.1) is 5.56 Å². The molecule has 6 nitrogen and oxygen atoms in total. The normalized spacial score (nSPS) is 27.8. The van der Waals surface area contributed by atoms with Crippen molar-refractivity contribution in [3.05, 3.63) is 35.4 Å². The Morgan fingerprint density at radius 1 is 1.13 bits per heavy atom. The Bertz CT molecular complexity index is 619. The monoisotopic (exact) mass is 316 g/mol. The van der Waals surface area contributed by atoms with Crippen LogP contribution in [0.2, 0.25) is 0 Å². The second kappa shape index (κ2) is 5.94. The molecule has 4 rings (SSSR count). The van der Waals surface area contributed by atoms with Gasteiger partial charge in [-0.05, 0) is 18.9 Å². The fourth-order valence-corrected chi connectivity index (χ4v) is 3.55. The highest BCUT2D eigenvalue weighted by atomic mass is 16.6. The van der Waals surface area contributed by atoms with Gasteiger partial charge in [-0.25, -0.2) is 4.79 Å². The lowest BCUT2D eigenvalue weighted by molar-refractivity contribution is -0.144. The molecule has 1 aromatic carbocycles. The molecule has 23 heavy (non-hydrogen) atoms. The van der Waals surface area contributed by atoms with E-state index >= 15 is 0 Å². The third-order valence-electron chi connectivity index (χ3n) is 4.83. The number of ether oxygens (including phenoxy) is 2. The van der Waals surface area contributed by atoms with E-state index in [1.807, 2.05) is 23.1 Å². The summed E-state index contributed by atoms with van der Waals surface area (Å²) in [6.45, 7) is 3.38. The van der Waals surface area contributed by atoms with Crippen LogP contribution in [0.3, 0.4) is 0 Å². The number of nitrogens with zero attached hydrogens (tertiary/aromatic N) is 2. The van der Waals surface area contributed by atoms with Gasteiger partial charge < -0.3 is 14.4 Å². The van der Waals surface area contributed by atoms with Gasteiger partial charge in [0.2, 0.25) is 0 Å². The molecule has 0 saturated carbocycles. The minimum atomic E-state index is -0.321. The summed E-state index contributed by atoms with van der Waals surface area (Å²) in [6.07, 6.45) is 1.21. The smallest absolute Gasteiger partial charge is 0.340 e. The van der Waals surface area contributed by atoms with E-state index in [1.165, 1.54) is 0 Å². The molecule has 1 aromatic rings. The van der Waals surface area contributed by atoms with Crippen molar-refractivity contribution in [3.63, 3.8) is 0 Å². The summed E-state index contributed by atoms with van der Waals surface area (Å²) in [7, 11) is 0. The van der Waals surface area contributed by atoms with Crippen LogP contribution in [0, 0.1) is 0 Å². The highest BCUT2D eigenvalue weighted by Gasteiger charge is 2.37. The highest BCUT2D eigenvalue weighted by Crippen LogP contribution is 2.33. The molecule has 0 aliphatic carbocycles. The summed E-state index contributed by atoms with van der Waals surface area (Å²) in [5, 5.41) is 0. The molecular weight excluding hydrogens is 296 g/mol. The topological polar surface area (TPSA) is 59.1 Å². The molecule has 122 valence electrons. The predicted molar refractivity (Wildman–Crippen MR) is 81.7 cm³/mol. The van der Waals surface area contributed by atoms with E-state index in [9.17, 15) is 9.59 Å². The van der Waals surface area contributed by atoms with Crippen molar-refractivity contribution in [3.8, 4) is 0 Å². The molecule has 0 spiro atoms. The van der Waals surface area contributed by atoms with E-state index in [4.69, 9.17) is 9.47 Å². The summed E-state index contributed by atoms with van der Waals surface area (Å²) in [5.41, 5.74) is 1.58. The van der Waals surface area contributed by atoms with Crippen LogP contribution in [-0.2, 0) is 14.3 Å². The Kier molecular flexibility index (Phi) is 3.79. The average Bonchev–Trinajstić information content (AvgIpc) is 3.23. The van der Waals surface area contributed by atoms with E-state index in [-0.39, 0.29) is 24.2 Å². The second-order valence-electron chi connectivity index (χ2n) is 6.21. The van der Waals surface area contributed by atoms with Gasteiger partial charge in [0.25, 0.3) is 5.91 Å². The predicted octanol–water partition coefficient (Wildman–Crippen LogP) is 1.18. The Morgan fingerprint density at radius 3 is 2.65 bits per heavy atom. The van der Waals surface area contributed by atoms with Gasteiger partial charge >= 0.3 is 5.97 Å². The number of carbonyl (C=O) groups is 2. The van der Waals surface area contributed by atoms with Gasteiger partial charge in [-0.1, -0.05) is 18.2 Å². The Hall–Kier alpha value is -1.92. The van der Waals surface area contributed by atoms with E-state index < -0.39 is 0 Å². The van der Waals surface area contributed by atoms with Crippen molar-refractivity contribution < 1.29 is 19.1 Å². The molecule has 2 fully saturated rings. The molecule has 2 atom stereocenters. The summed E-state index contributed by atoms with van der Waals surface area (Å²) < 4.78 is 11.0. The fourth-order valence-electron chi connectivity index (χ4n) is 3.55. The average molecular weight is 316 g/mol. The SMILES string of the molecule is O=C1O[C@H](N2CCN(C(=O)[C@@H]3CCCO3)CC2)c2ccccc21. The van der Waals surface area contributed by atoms with Gasteiger partial charge in [-0.3, -0.25) is 9.69 Å². The largest absolute Gasteiger partial charge is 0.438 e. The first-order chi connectivity index (χ1) is 11.2. The van der Waals surface area contributed by atoms with Gasteiger partial charge in [0.15, 0.2) is 6.23 Å². The third kappa shape index (κ3) is 2.62. The number of cyclic esters (lactones) is 1. The zero-order valence-electron chi connectivity index (χ0n) is 12.9. The molecule has 1 amide bonds. The first kappa shape index (κ1) is 14.7. The maximum Gasteiger partial charge on any atom is 0.340 e. The standard InChI is InChI=1S/C17H20N2O4/c20-15(14-6-3-11-22-14)18-7-9-19(10-8-18)16-12-4-1-2-5-13(12)17(21)23-16/h1-2,4-5,14,16H,3,6-11H2/t14-,16-/m0/s1. The number of carbonyl (C=O) groups excluding carboxylic acids is 2. The molecule has 2 saturated heterocycles. The van der Waals surface area contributed by atoms with Gasteiger partial charge in [0.1, 0.15) is 6.10 Å². The van der Waals surface area contributed by atoms with E-state index in [1.54, 1.807) is 6.07 Å². The Morgan fingerprint density at radius 2 is 1.91 bits per heavy atom. The van der Waals surface area contributed by atoms with Crippen LogP contribution < -0.4 is 0 Å².